The number of ketones is 1. The van der Waals surface area contributed by atoms with Crippen LogP contribution in [-0.2, 0) is 21.0 Å². The van der Waals surface area contributed by atoms with E-state index < -0.39 is 40.3 Å². The summed E-state index contributed by atoms with van der Waals surface area (Å²) >= 11 is 0. The maximum absolute atomic E-state index is 13.1. The molecule has 180 valence electrons. The fourth-order valence-electron chi connectivity index (χ4n) is 3.88. The van der Waals surface area contributed by atoms with Crippen molar-refractivity contribution in [3.8, 4) is 0 Å². The van der Waals surface area contributed by atoms with Gasteiger partial charge < -0.3 is 15.5 Å². The molecule has 1 saturated carbocycles. The third kappa shape index (κ3) is 5.63. The summed E-state index contributed by atoms with van der Waals surface area (Å²) in [5.41, 5.74) is 1.36. The first-order valence-electron chi connectivity index (χ1n) is 10.4. The molecule has 0 amide bonds. The van der Waals surface area contributed by atoms with Crippen LogP contribution in [0.15, 0.2) is 55.1 Å². The minimum Gasteiger partial charge on any atom is -0.390 e. The van der Waals surface area contributed by atoms with Crippen LogP contribution in [0.25, 0.3) is 0 Å². The molecule has 0 aliphatic heterocycles. The van der Waals surface area contributed by atoms with Crippen molar-refractivity contribution in [2.45, 2.75) is 31.2 Å². The number of anilines is 1. The number of carbonyl (C=O) groups excluding carboxylic acids is 1. The van der Waals surface area contributed by atoms with Gasteiger partial charge in [-0.15, -0.1) is 0 Å². The number of hydrogen-bond donors (Lipinski definition) is 4. The molecule has 13 heteroatoms. The van der Waals surface area contributed by atoms with Crippen molar-refractivity contribution in [3.05, 3.63) is 71.9 Å². The van der Waals surface area contributed by atoms with Crippen LogP contribution in [0, 0.1) is 5.92 Å². The van der Waals surface area contributed by atoms with Crippen molar-refractivity contribution in [2.75, 3.05) is 11.9 Å². The summed E-state index contributed by atoms with van der Waals surface area (Å²) in [6.07, 6.45) is 1.93. The fourth-order valence-corrected chi connectivity index (χ4v) is 4.25. The topological polar surface area (TPSA) is 183 Å². The van der Waals surface area contributed by atoms with Crippen molar-refractivity contribution in [2.24, 2.45) is 11.1 Å². The van der Waals surface area contributed by atoms with Gasteiger partial charge in [-0.05, 0) is 18.1 Å². The summed E-state index contributed by atoms with van der Waals surface area (Å²) in [6.45, 7) is 0.113. The van der Waals surface area contributed by atoms with Gasteiger partial charge in [0.2, 0.25) is 5.78 Å². The van der Waals surface area contributed by atoms with Gasteiger partial charge in [-0.1, -0.05) is 30.3 Å². The lowest BCUT2D eigenvalue weighted by Gasteiger charge is -2.19. The molecule has 1 aromatic carbocycles. The van der Waals surface area contributed by atoms with Gasteiger partial charge in [-0.2, -0.15) is 13.5 Å². The Kier molecular flexibility index (Phi) is 7.00. The van der Waals surface area contributed by atoms with Crippen LogP contribution in [0.3, 0.4) is 0 Å². The highest BCUT2D eigenvalue weighted by Crippen LogP contribution is 2.30. The van der Waals surface area contributed by atoms with E-state index in [1.165, 1.54) is 12.5 Å². The maximum atomic E-state index is 13.1. The zero-order chi connectivity index (χ0) is 24.3. The average Bonchev–Trinajstić information content (AvgIpc) is 3.38. The zero-order valence-electron chi connectivity index (χ0n) is 17.9. The zero-order valence-corrected chi connectivity index (χ0v) is 18.7. The number of rotatable bonds is 9. The first-order valence-corrected chi connectivity index (χ1v) is 11.9. The summed E-state index contributed by atoms with van der Waals surface area (Å²) in [6, 6.07) is 10.5. The molecule has 12 nitrogen and oxygen atoms in total. The van der Waals surface area contributed by atoms with Gasteiger partial charge in [0, 0.05) is 18.3 Å². The van der Waals surface area contributed by atoms with E-state index in [9.17, 15) is 23.4 Å². The van der Waals surface area contributed by atoms with Crippen molar-refractivity contribution in [1.29, 1.82) is 0 Å². The van der Waals surface area contributed by atoms with Crippen molar-refractivity contribution in [3.63, 3.8) is 0 Å². The Morgan fingerprint density at radius 2 is 1.97 bits per heavy atom. The molecule has 0 saturated heterocycles. The smallest absolute Gasteiger partial charge is 0.333 e. The lowest BCUT2D eigenvalue weighted by Crippen LogP contribution is -2.36. The van der Waals surface area contributed by atoms with Crippen LogP contribution in [0.2, 0.25) is 0 Å². The van der Waals surface area contributed by atoms with Gasteiger partial charge in [0.1, 0.15) is 23.9 Å². The number of aliphatic hydroxyl groups is 2. The molecule has 1 unspecified atom stereocenters. The van der Waals surface area contributed by atoms with E-state index in [-0.39, 0.29) is 30.1 Å². The van der Waals surface area contributed by atoms with E-state index in [0.717, 1.165) is 5.56 Å². The molecule has 34 heavy (non-hydrogen) atoms. The number of aromatic nitrogens is 4. The number of nitrogens with two attached hydrogens (primary N) is 1. The highest BCUT2D eigenvalue weighted by molar-refractivity contribution is 7.84. The quantitative estimate of drug-likeness (QED) is 0.292. The van der Waals surface area contributed by atoms with Gasteiger partial charge in [0.05, 0.1) is 30.9 Å². The Bertz CT molecular complexity index is 1250. The Morgan fingerprint density at radius 3 is 2.71 bits per heavy atom. The molecular formula is C21H24N6O6S. The van der Waals surface area contributed by atoms with E-state index in [1.807, 2.05) is 30.3 Å². The van der Waals surface area contributed by atoms with Crippen LogP contribution in [0.4, 0.5) is 5.82 Å². The molecule has 2 aromatic heterocycles. The van der Waals surface area contributed by atoms with Crippen LogP contribution >= 0.6 is 0 Å². The summed E-state index contributed by atoms with van der Waals surface area (Å²) in [5.74, 6) is -0.959. The standard InChI is InChI=1S/C21H24N6O6S/c22-34(31,32)33-11-14-8-17(20(30)18(14)28)25-21-15(9-23-12-24-21)19(29)16-6-7-27(26-16)10-13-4-2-1-3-5-13/h1-7,9,12,14,17-18,20,28,30H,8,10-11H2,(H2,22,31,32)(H,23,24,25)/t14?,17-,18-,20-/m1/s1. The molecule has 3 aromatic rings. The van der Waals surface area contributed by atoms with Gasteiger partial charge >= 0.3 is 10.3 Å². The minimum atomic E-state index is -4.18. The van der Waals surface area contributed by atoms with Crippen LogP contribution < -0.4 is 10.5 Å². The summed E-state index contributed by atoms with van der Waals surface area (Å²) in [4.78, 5) is 21.2. The molecule has 2 heterocycles. The van der Waals surface area contributed by atoms with Crippen molar-refractivity contribution < 1.29 is 27.6 Å². The predicted octanol–water partition coefficient (Wildman–Crippen LogP) is -0.305. The third-order valence-corrected chi connectivity index (χ3v) is 6.05. The lowest BCUT2D eigenvalue weighted by atomic mass is 10.1. The Balaban J connectivity index is 1.47. The first kappa shape index (κ1) is 23.9. The second kappa shape index (κ2) is 9.95. The van der Waals surface area contributed by atoms with E-state index in [4.69, 9.17) is 5.14 Å². The summed E-state index contributed by atoms with van der Waals surface area (Å²) in [5, 5.41) is 32.8. The number of hydrogen-bond acceptors (Lipinski definition) is 10. The van der Waals surface area contributed by atoms with Crippen molar-refractivity contribution in [1.82, 2.24) is 19.7 Å². The Hall–Kier alpha value is -3.23. The Labute approximate surface area is 195 Å². The minimum absolute atomic E-state index is 0.137. The molecule has 5 N–H and O–H groups in total. The molecule has 0 spiro atoms. The van der Waals surface area contributed by atoms with Gasteiger partial charge in [-0.25, -0.2) is 15.1 Å². The molecule has 0 radical (unpaired) electrons. The van der Waals surface area contributed by atoms with E-state index in [0.29, 0.717) is 6.54 Å². The number of nitrogens with zero attached hydrogens (tertiary/aromatic N) is 4. The number of benzene rings is 1. The van der Waals surface area contributed by atoms with E-state index in [2.05, 4.69) is 24.6 Å². The van der Waals surface area contributed by atoms with E-state index >= 15 is 0 Å². The summed E-state index contributed by atoms with van der Waals surface area (Å²) < 4.78 is 28.3. The second-order valence-corrected chi connectivity index (χ2v) is 9.22. The maximum Gasteiger partial charge on any atom is 0.333 e. The highest BCUT2D eigenvalue weighted by atomic mass is 32.2. The number of aliphatic hydroxyl groups excluding tert-OH is 2. The largest absolute Gasteiger partial charge is 0.390 e. The van der Waals surface area contributed by atoms with Gasteiger partial charge in [0.15, 0.2) is 0 Å². The third-order valence-electron chi connectivity index (χ3n) is 5.59. The summed E-state index contributed by atoms with van der Waals surface area (Å²) in [7, 11) is -4.18. The van der Waals surface area contributed by atoms with Gasteiger partial charge in [-0.3, -0.25) is 13.7 Å². The number of nitrogens with one attached hydrogen (secondary N) is 1. The van der Waals surface area contributed by atoms with Crippen LogP contribution in [0.5, 0.6) is 0 Å². The number of carbonyl (C=O) groups is 1. The molecule has 4 atom stereocenters. The fraction of sp³-hybridized carbons (Fsp3) is 0.333. The first-order chi connectivity index (χ1) is 16.2. The van der Waals surface area contributed by atoms with Crippen LogP contribution in [-0.4, -0.2) is 69.0 Å². The Morgan fingerprint density at radius 1 is 1.21 bits per heavy atom. The van der Waals surface area contributed by atoms with Crippen LogP contribution in [0.1, 0.15) is 28.0 Å². The molecule has 4 rings (SSSR count). The average molecular weight is 489 g/mol. The molecule has 0 bridgehead atoms. The SMILES string of the molecule is NS(=O)(=O)OCC1C[C@@H](Nc2ncncc2C(=O)c2ccn(Cc3ccccc3)n2)[C@@H](O)[C@@H]1O. The highest BCUT2D eigenvalue weighted by Gasteiger charge is 2.42. The van der Waals surface area contributed by atoms with Crippen molar-refractivity contribution >= 4 is 21.9 Å². The van der Waals surface area contributed by atoms with Gasteiger partial charge in [0.25, 0.3) is 0 Å². The predicted molar refractivity (Wildman–Crippen MR) is 120 cm³/mol. The lowest BCUT2D eigenvalue weighted by molar-refractivity contribution is 0.00778. The normalized spacial score (nSPS) is 22.6. The monoisotopic (exact) mass is 488 g/mol. The molecular weight excluding hydrogens is 464 g/mol. The molecule has 1 fully saturated rings. The molecule has 1 aliphatic rings. The molecule has 1 aliphatic carbocycles. The second-order valence-electron chi connectivity index (χ2n) is 8.00. The van der Waals surface area contributed by atoms with E-state index in [1.54, 1.807) is 16.9 Å².